The molecular formula is C16H12Cl3NO. The van der Waals surface area contributed by atoms with Crippen molar-refractivity contribution in [2.75, 3.05) is 5.32 Å². The molecule has 0 aromatic heterocycles. The molecular weight excluding hydrogens is 329 g/mol. The largest absolute Gasteiger partial charge is 0.326 e. The second-order valence-electron chi connectivity index (χ2n) is 5.15. The van der Waals surface area contributed by atoms with Crippen molar-refractivity contribution in [2.24, 2.45) is 5.92 Å². The number of nitrogens with one attached hydrogen (secondary N) is 1. The van der Waals surface area contributed by atoms with Crippen LogP contribution in [0.5, 0.6) is 0 Å². The summed E-state index contributed by atoms with van der Waals surface area (Å²) in [6.07, 6.45) is 0.809. The molecule has 1 amide bonds. The molecule has 3 rings (SSSR count). The number of halogens is 3. The van der Waals surface area contributed by atoms with Crippen molar-refractivity contribution in [1.82, 2.24) is 0 Å². The molecule has 1 aliphatic carbocycles. The quantitative estimate of drug-likeness (QED) is 0.797. The van der Waals surface area contributed by atoms with Crippen LogP contribution in [0.3, 0.4) is 0 Å². The van der Waals surface area contributed by atoms with E-state index in [9.17, 15) is 4.79 Å². The van der Waals surface area contributed by atoms with Crippen LogP contribution in [-0.4, -0.2) is 5.91 Å². The smallest absolute Gasteiger partial charge is 0.228 e. The van der Waals surface area contributed by atoms with E-state index in [4.69, 9.17) is 34.8 Å². The van der Waals surface area contributed by atoms with E-state index in [2.05, 4.69) is 5.32 Å². The lowest BCUT2D eigenvalue weighted by molar-refractivity contribution is -0.117. The number of hydrogen-bond acceptors (Lipinski definition) is 1. The standard InChI is InChI=1S/C16H12Cl3NO/c17-10-2-1-3-13(7-10)20-16(21)15-8-14(15)9-4-11(18)6-12(19)5-9/h1-7,14-15H,8H2,(H,20,21)/t14-,15-/m0/s1. The minimum absolute atomic E-state index is 0.00151. The molecule has 0 saturated heterocycles. The normalized spacial score (nSPS) is 20.1. The van der Waals surface area contributed by atoms with Crippen molar-refractivity contribution >= 4 is 46.4 Å². The first kappa shape index (κ1) is 14.7. The molecule has 2 atom stereocenters. The Balaban J connectivity index is 1.68. The minimum Gasteiger partial charge on any atom is -0.326 e. The molecule has 1 N–H and O–H groups in total. The number of hydrogen-bond donors (Lipinski definition) is 1. The van der Waals surface area contributed by atoms with Gasteiger partial charge < -0.3 is 5.32 Å². The summed E-state index contributed by atoms with van der Waals surface area (Å²) in [5.74, 6) is 0.136. The van der Waals surface area contributed by atoms with Gasteiger partial charge in [-0.05, 0) is 54.3 Å². The van der Waals surface area contributed by atoms with Gasteiger partial charge in [-0.25, -0.2) is 0 Å². The molecule has 0 radical (unpaired) electrons. The van der Waals surface area contributed by atoms with E-state index in [-0.39, 0.29) is 17.7 Å². The van der Waals surface area contributed by atoms with E-state index in [0.717, 1.165) is 12.0 Å². The van der Waals surface area contributed by atoms with Crippen LogP contribution in [0.1, 0.15) is 17.9 Å². The highest BCUT2D eigenvalue weighted by Crippen LogP contribution is 2.49. The van der Waals surface area contributed by atoms with E-state index >= 15 is 0 Å². The SMILES string of the molecule is O=C(Nc1cccc(Cl)c1)[C@H]1C[C@H]1c1cc(Cl)cc(Cl)c1. The summed E-state index contributed by atoms with van der Waals surface area (Å²) >= 11 is 17.9. The second kappa shape index (κ2) is 5.88. The third kappa shape index (κ3) is 3.52. The summed E-state index contributed by atoms with van der Waals surface area (Å²) in [5, 5.41) is 4.67. The van der Waals surface area contributed by atoms with E-state index in [1.807, 2.05) is 18.2 Å². The summed E-state index contributed by atoms with van der Waals surface area (Å²) in [6.45, 7) is 0. The lowest BCUT2D eigenvalue weighted by atomic mass is 10.1. The predicted molar refractivity (Wildman–Crippen MR) is 87.4 cm³/mol. The maximum Gasteiger partial charge on any atom is 0.228 e. The number of carbonyl (C=O) groups excluding carboxylic acids is 1. The summed E-state index contributed by atoms with van der Waals surface area (Å²) in [5.41, 5.74) is 1.72. The van der Waals surface area contributed by atoms with Gasteiger partial charge in [-0.2, -0.15) is 0 Å². The Morgan fingerprint density at radius 2 is 1.71 bits per heavy atom. The van der Waals surface area contributed by atoms with Crippen LogP contribution in [0.25, 0.3) is 0 Å². The topological polar surface area (TPSA) is 29.1 Å². The van der Waals surface area contributed by atoms with Gasteiger partial charge in [0, 0.05) is 26.7 Å². The molecule has 0 aliphatic heterocycles. The highest BCUT2D eigenvalue weighted by Gasteiger charge is 2.44. The van der Waals surface area contributed by atoms with Crippen LogP contribution >= 0.6 is 34.8 Å². The fourth-order valence-electron chi connectivity index (χ4n) is 2.44. The minimum atomic E-state index is -0.0430. The summed E-state index contributed by atoms with van der Waals surface area (Å²) in [6, 6.07) is 12.5. The number of amides is 1. The highest BCUT2D eigenvalue weighted by molar-refractivity contribution is 6.34. The first-order valence-corrected chi connectivity index (χ1v) is 7.69. The van der Waals surface area contributed by atoms with Crippen LogP contribution < -0.4 is 5.32 Å². The van der Waals surface area contributed by atoms with Crippen molar-refractivity contribution < 1.29 is 4.79 Å². The highest BCUT2D eigenvalue weighted by atomic mass is 35.5. The van der Waals surface area contributed by atoms with E-state index in [1.54, 1.807) is 24.3 Å². The monoisotopic (exact) mass is 339 g/mol. The van der Waals surface area contributed by atoms with Gasteiger partial charge in [0.25, 0.3) is 0 Å². The molecule has 0 heterocycles. The predicted octanol–water partition coefficient (Wildman–Crippen LogP) is 5.39. The van der Waals surface area contributed by atoms with Gasteiger partial charge in [-0.15, -0.1) is 0 Å². The third-order valence-corrected chi connectivity index (χ3v) is 4.20. The van der Waals surface area contributed by atoms with Crippen molar-refractivity contribution in [1.29, 1.82) is 0 Å². The van der Waals surface area contributed by atoms with Gasteiger partial charge >= 0.3 is 0 Å². The second-order valence-corrected chi connectivity index (χ2v) is 6.46. The summed E-state index contributed by atoms with van der Waals surface area (Å²) in [4.78, 5) is 12.2. The average Bonchev–Trinajstić information content (AvgIpc) is 3.17. The Bertz CT molecular complexity index is 681. The fraction of sp³-hybridized carbons (Fsp3) is 0.188. The maximum atomic E-state index is 12.2. The number of rotatable bonds is 3. The molecule has 1 saturated carbocycles. The maximum absolute atomic E-state index is 12.2. The third-order valence-electron chi connectivity index (χ3n) is 3.53. The molecule has 1 fully saturated rings. The molecule has 0 unspecified atom stereocenters. The van der Waals surface area contributed by atoms with Gasteiger partial charge in [-0.3, -0.25) is 4.79 Å². The van der Waals surface area contributed by atoms with Crippen LogP contribution in [0.15, 0.2) is 42.5 Å². The lowest BCUT2D eigenvalue weighted by Gasteiger charge is -2.06. The van der Waals surface area contributed by atoms with Crippen LogP contribution in [0.4, 0.5) is 5.69 Å². The summed E-state index contributed by atoms with van der Waals surface area (Å²) < 4.78 is 0. The Morgan fingerprint density at radius 3 is 2.38 bits per heavy atom. The Labute approximate surface area is 138 Å². The van der Waals surface area contributed by atoms with Crippen molar-refractivity contribution in [3.63, 3.8) is 0 Å². The van der Waals surface area contributed by atoms with E-state index < -0.39 is 0 Å². The van der Waals surface area contributed by atoms with Gasteiger partial charge in [0.15, 0.2) is 0 Å². The van der Waals surface area contributed by atoms with E-state index in [0.29, 0.717) is 20.8 Å². The molecule has 0 spiro atoms. The average molecular weight is 341 g/mol. The zero-order valence-electron chi connectivity index (χ0n) is 10.9. The van der Waals surface area contributed by atoms with E-state index in [1.165, 1.54) is 0 Å². The summed E-state index contributed by atoms with van der Waals surface area (Å²) in [7, 11) is 0. The van der Waals surface area contributed by atoms with Gasteiger partial charge in [-0.1, -0.05) is 40.9 Å². The Kier molecular flexibility index (Phi) is 4.12. The number of anilines is 1. The van der Waals surface area contributed by atoms with Gasteiger partial charge in [0.2, 0.25) is 5.91 Å². The molecule has 5 heteroatoms. The first-order valence-electron chi connectivity index (χ1n) is 6.55. The Hall–Kier alpha value is -1.22. The molecule has 1 aliphatic rings. The fourth-order valence-corrected chi connectivity index (χ4v) is 3.18. The zero-order valence-corrected chi connectivity index (χ0v) is 13.2. The molecule has 2 nitrogen and oxygen atoms in total. The zero-order chi connectivity index (χ0) is 15.0. The number of benzene rings is 2. The van der Waals surface area contributed by atoms with Crippen molar-refractivity contribution in [3.05, 3.63) is 63.1 Å². The lowest BCUT2D eigenvalue weighted by Crippen LogP contribution is -2.14. The molecule has 0 bridgehead atoms. The van der Waals surface area contributed by atoms with Crippen LogP contribution in [0, 0.1) is 5.92 Å². The molecule has 2 aromatic rings. The Morgan fingerprint density at radius 1 is 1.00 bits per heavy atom. The van der Waals surface area contributed by atoms with Gasteiger partial charge in [0.1, 0.15) is 0 Å². The van der Waals surface area contributed by atoms with Gasteiger partial charge in [0.05, 0.1) is 0 Å². The van der Waals surface area contributed by atoms with Crippen molar-refractivity contribution in [3.8, 4) is 0 Å². The van der Waals surface area contributed by atoms with Crippen LogP contribution in [-0.2, 0) is 4.79 Å². The number of carbonyl (C=O) groups is 1. The first-order chi connectivity index (χ1) is 10.0. The van der Waals surface area contributed by atoms with Crippen molar-refractivity contribution in [2.45, 2.75) is 12.3 Å². The molecule has 108 valence electrons. The van der Waals surface area contributed by atoms with Crippen LogP contribution in [0.2, 0.25) is 15.1 Å². The molecule has 21 heavy (non-hydrogen) atoms. The molecule has 2 aromatic carbocycles.